The van der Waals surface area contributed by atoms with Gasteiger partial charge in [-0.25, -0.2) is 19.9 Å². The highest BCUT2D eigenvalue weighted by atomic mass is 16.5. The van der Waals surface area contributed by atoms with Crippen LogP contribution in [0, 0.1) is 5.41 Å². The van der Waals surface area contributed by atoms with Crippen molar-refractivity contribution in [2.45, 2.75) is 39.8 Å². The van der Waals surface area contributed by atoms with Crippen LogP contribution < -0.4 is 15.4 Å². The van der Waals surface area contributed by atoms with E-state index < -0.39 is 0 Å². The number of nitrogens with zero attached hydrogens (tertiary/aromatic N) is 5. The summed E-state index contributed by atoms with van der Waals surface area (Å²) in [6.45, 7) is 8.02. The fourth-order valence-electron chi connectivity index (χ4n) is 3.78. The average molecular weight is 438 g/mol. The summed E-state index contributed by atoms with van der Waals surface area (Å²) in [6, 6.07) is 3.76. The fraction of sp³-hybridized carbons (Fsp3) is 0.478. The van der Waals surface area contributed by atoms with Crippen LogP contribution in [-0.4, -0.2) is 63.3 Å². The van der Waals surface area contributed by atoms with Gasteiger partial charge >= 0.3 is 0 Å². The van der Waals surface area contributed by atoms with Gasteiger partial charge in [-0.05, 0) is 30.2 Å². The van der Waals surface area contributed by atoms with Crippen molar-refractivity contribution >= 4 is 28.4 Å². The van der Waals surface area contributed by atoms with Gasteiger partial charge in [0.15, 0.2) is 5.82 Å². The molecule has 3 aromatic rings. The number of anilines is 3. The van der Waals surface area contributed by atoms with Crippen LogP contribution in [-0.2, 0) is 13.0 Å². The summed E-state index contributed by atoms with van der Waals surface area (Å²) in [5.41, 5.74) is 3.49. The zero-order valence-corrected chi connectivity index (χ0v) is 19.3. The predicted molar refractivity (Wildman–Crippen MR) is 125 cm³/mol. The first-order chi connectivity index (χ1) is 15.3. The molecule has 1 aliphatic rings. The summed E-state index contributed by atoms with van der Waals surface area (Å²) in [5, 5.41) is 17.3. The molecule has 0 fully saturated rings. The zero-order chi connectivity index (χ0) is 22.9. The molecule has 0 amide bonds. The standard InChI is InChI=1S/C23H31N7O2/c1-23(2,3)18(13-31)28-20-19-14(6-8-24-20)11-25-22(29-19)27-17-10-15-12-30(4)9-7-16(15)26-21(17)32-5/h6,8,10-11,18,31H,7,9,12-13H2,1-5H3,(H,24,28)(H,25,27,29)/t18-/m0/s1. The summed E-state index contributed by atoms with van der Waals surface area (Å²) >= 11 is 0. The number of hydrogen-bond acceptors (Lipinski definition) is 9. The summed E-state index contributed by atoms with van der Waals surface area (Å²) in [6.07, 6.45) is 4.37. The number of ether oxygens (including phenoxy) is 1. The largest absolute Gasteiger partial charge is 0.480 e. The molecule has 9 heteroatoms. The van der Waals surface area contributed by atoms with E-state index in [1.54, 1.807) is 19.5 Å². The van der Waals surface area contributed by atoms with Gasteiger partial charge in [0, 0.05) is 37.3 Å². The van der Waals surface area contributed by atoms with Gasteiger partial charge in [-0.1, -0.05) is 20.8 Å². The van der Waals surface area contributed by atoms with Crippen molar-refractivity contribution in [1.82, 2.24) is 24.8 Å². The summed E-state index contributed by atoms with van der Waals surface area (Å²) in [4.78, 5) is 20.6. The SMILES string of the molecule is COc1nc2c(cc1Nc1ncc3ccnc(N[C@@H](CO)C(C)(C)C)c3n1)CN(C)CC2. The lowest BCUT2D eigenvalue weighted by molar-refractivity contribution is 0.201. The molecule has 32 heavy (non-hydrogen) atoms. The summed E-state index contributed by atoms with van der Waals surface area (Å²) in [7, 11) is 3.72. The molecule has 0 saturated heterocycles. The van der Waals surface area contributed by atoms with Gasteiger partial charge in [0.1, 0.15) is 11.2 Å². The smallest absolute Gasteiger partial charge is 0.237 e. The van der Waals surface area contributed by atoms with E-state index in [1.165, 1.54) is 5.56 Å². The molecular formula is C23H31N7O2. The number of aliphatic hydroxyl groups is 1. The topological polar surface area (TPSA) is 108 Å². The first-order valence-corrected chi connectivity index (χ1v) is 10.8. The number of aromatic nitrogens is 4. The third kappa shape index (κ3) is 4.58. The Bertz CT molecular complexity index is 1110. The Labute approximate surface area is 188 Å². The Morgan fingerprint density at radius 3 is 2.78 bits per heavy atom. The van der Waals surface area contributed by atoms with E-state index in [9.17, 15) is 5.11 Å². The maximum Gasteiger partial charge on any atom is 0.237 e. The molecule has 3 aromatic heterocycles. The van der Waals surface area contributed by atoms with Crippen molar-refractivity contribution in [3.8, 4) is 5.88 Å². The molecule has 1 atom stereocenters. The summed E-state index contributed by atoms with van der Waals surface area (Å²) < 4.78 is 5.53. The third-order valence-corrected chi connectivity index (χ3v) is 5.80. The lowest BCUT2D eigenvalue weighted by Gasteiger charge is -2.30. The Morgan fingerprint density at radius 1 is 1.25 bits per heavy atom. The molecule has 0 saturated carbocycles. The molecule has 170 valence electrons. The number of fused-ring (bicyclic) bond motifs is 2. The van der Waals surface area contributed by atoms with Gasteiger partial charge in [0.05, 0.1) is 25.5 Å². The highest BCUT2D eigenvalue weighted by Gasteiger charge is 2.25. The number of hydrogen-bond donors (Lipinski definition) is 3. The molecule has 4 rings (SSSR count). The molecule has 0 radical (unpaired) electrons. The predicted octanol–water partition coefficient (Wildman–Crippen LogP) is 2.98. The van der Waals surface area contributed by atoms with Gasteiger partial charge in [0.25, 0.3) is 0 Å². The van der Waals surface area contributed by atoms with Crippen LogP contribution in [0.3, 0.4) is 0 Å². The minimum atomic E-state index is -0.172. The van der Waals surface area contributed by atoms with E-state index in [1.807, 2.05) is 6.07 Å². The van der Waals surface area contributed by atoms with Crippen LogP contribution in [0.4, 0.5) is 17.5 Å². The van der Waals surface area contributed by atoms with E-state index in [2.05, 4.69) is 59.4 Å². The van der Waals surface area contributed by atoms with Crippen molar-refractivity contribution in [3.05, 3.63) is 35.8 Å². The van der Waals surface area contributed by atoms with Gasteiger partial charge in [-0.15, -0.1) is 0 Å². The van der Waals surface area contributed by atoms with Crippen LogP contribution in [0.15, 0.2) is 24.5 Å². The molecule has 0 bridgehead atoms. The minimum Gasteiger partial charge on any atom is -0.480 e. The molecule has 0 spiro atoms. The van der Waals surface area contributed by atoms with E-state index in [-0.39, 0.29) is 18.1 Å². The number of methoxy groups -OCH3 is 1. The van der Waals surface area contributed by atoms with Crippen LogP contribution in [0.5, 0.6) is 5.88 Å². The Morgan fingerprint density at radius 2 is 2.06 bits per heavy atom. The number of nitrogens with one attached hydrogen (secondary N) is 2. The second kappa shape index (κ2) is 8.84. The van der Waals surface area contributed by atoms with Crippen molar-refractivity contribution in [2.24, 2.45) is 5.41 Å². The van der Waals surface area contributed by atoms with E-state index in [0.29, 0.717) is 23.2 Å². The van der Waals surface area contributed by atoms with Crippen molar-refractivity contribution in [1.29, 1.82) is 0 Å². The first kappa shape index (κ1) is 22.2. The number of rotatable bonds is 6. The van der Waals surface area contributed by atoms with Crippen LogP contribution in [0.2, 0.25) is 0 Å². The van der Waals surface area contributed by atoms with Crippen LogP contribution in [0.25, 0.3) is 10.9 Å². The average Bonchev–Trinajstić information content (AvgIpc) is 2.76. The van der Waals surface area contributed by atoms with E-state index in [4.69, 9.17) is 14.7 Å². The first-order valence-electron chi connectivity index (χ1n) is 10.8. The van der Waals surface area contributed by atoms with Crippen LogP contribution >= 0.6 is 0 Å². The number of likely N-dealkylation sites (N-methyl/N-ethyl adjacent to an activating group) is 1. The lowest BCUT2D eigenvalue weighted by atomic mass is 9.87. The third-order valence-electron chi connectivity index (χ3n) is 5.80. The molecule has 9 nitrogen and oxygen atoms in total. The Hall–Kier alpha value is -3.04. The van der Waals surface area contributed by atoms with Gasteiger partial charge < -0.3 is 25.4 Å². The van der Waals surface area contributed by atoms with Crippen LogP contribution in [0.1, 0.15) is 32.0 Å². The monoisotopic (exact) mass is 437 g/mol. The quantitative estimate of drug-likeness (QED) is 0.536. The lowest BCUT2D eigenvalue weighted by Crippen LogP contribution is -2.37. The Balaban J connectivity index is 1.68. The van der Waals surface area contributed by atoms with Crippen molar-refractivity contribution < 1.29 is 9.84 Å². The van der Waals surface area contributed by atoms with E-state index >= 15 is 0 Å². The minimum absolute atomic E-state index is 0.00972. The molecule has 0 aliphatic carbocycles. The molecule has 0 unspecified atom stereocenters. The highest BCUT2D eigenvalue weighted by molar-refractivity contribution is 5.88. The summed E-state index contributed by atoms with van der Waals surface area (Å²) in [5.74, 6) is 1.56. The maximum absolute atomic E-state index is 9.86. The fourth-order valence-corrected chi connectivity index (χ4v) is 3.78. The molecule has 4 heterocycles. The van der Waals surface area contributed by atoms with Crippen molar-refractivity contribution in [3.63, 3.8) is 0 Å². The zero-order valence-electron chi connectivity index (χ0n) is 19.3. The number of aliphatic hydroxyl groups excluding tert-OH is 1. The maximum atomic E-state index is 9.86. The molecule has 0 aromatic carbocycles. The van der Waals surface area contributed by atoms with E-state index in [0.717, 1.165) is 36.3 Å². The van der Waals surface area contributed by atoms with Gasteiger partial charge in [0.2, 0.25) is 11.8 Å². The number of pyridine rings is 2. The van der Waals surface area contributed by atoms with Crippen molar-refractivity contribution in [2.75, 3.05) is 37.9 Å². The van der Waals surface area contributed by atoms with Gasteiger partial charge in [-0.2, -0.15) is 0 Å². The highest BCUT2D eigenvalue weighted by Crippen LogP contribution is 2.31. The second-order valence-corrected chi connectivity index (χ2v) is 9.30. The normalized spacial score (nSPS) is 15.3. The molecule has 3 N–H and O–H groups in total. The second-order valence-electron chi connectivity index (χ2n) is 9.30. The molecule has 1 aliphatic heterocycles. The Kier molecular flexibility index (Phi) is 6.12. The molecular weight excluding hydrogens is 406 g/mol. The van der Waals surface area contributed by atoms with Gasteiger partial charge in [-0.3, -0.25) is 0 Å².